The molecule has 0 aliphatic carbocycles. The van der Waals surface area contributed by atoms with E-state index >= 15 is 0 Å². The summed E-state index contributed by atoms with van der Waals surface area (Å²) in [6.07, 6.45) is 0.654. The largest absolute Gasteiger partial charge is 0.507 e. The predicted molar refractivity (Wildman–Crippen MR) is 138 cm³/mol. The SMILES string of the molecule is COc1ccc(C(O)=C2C(=O)C(=O)N(CCCN3CCOCC3)C2c2ccc(OC(C)C)cc2)c(O)c1. The molecule has 9 heteroatoms. The molecule has 2 aliphatic heterocycles. The lowest BCUT2D eigenvalue weighted by Crippen LogP contribution is -2.38. The Hall–Kier alpha value is -3.56. The number of carbonyl (C=O) groups is 2. The molecular formula is C28H34N2O7. The Morgan fingerprint density at radius 3 is 2.35 bits per heavy atom. The molecule has 2 fully saturated rings. The van der Waals surface area contributed by atoms with Crippen molar-refractivity contribution in [2.24, 2.45) is 0 Å². The van der Waals surface area contributed by atoms with E-state index in [0.29, 0.717) is 43.2 Å². The number of morpholine rings is 1. The van der Waals surface area contributed by atoms with Gasteiger partial charge in [0.1, 0.15) is 23.0 Å². The molecular weight excluding hydrogens is 476 g/mol. The minimum Gasteiger partial charge on any atom is -0.507 e. The van der Waals surface area contributed by atoms with E-state index in [2.05, 4.69) is 4.90 Å². The molecule has 0 radical (unpaired) electrons. The first-order valence-corrected chi connectivity index (χ1v) is 12.5. The maximum atomic E-state index is 13.3. The maximum absolute atomic E-state index is 13.3. The van der Waals surface area contributed by atoms with Gasteiger partial charge in [-0.05, 0) is 50.1 Å². The number of methoxy groups -OCH3 is 1. The number of ether oxygens (including phenoxy) is 3. The van der Waals surface area contributed by atoms with Crippen molar-refractivity contribution in [1.29, 1.82) is 0 Å². The molecule has 0 spiro atoms. The van der Waals surface area contributed by atoms with Gasteiger partial charge in [-0.25, -0.2) is 0 Å². The van der Waals surface area contributed by atoms with E-state index in [1.54, 1.807) is 30.3 Å². The van der Waals surface area contributed by atoms with E-state index in [-0.39, 0.29) is 23.0 Å². The zero-order chi connectivity index (χ0) is 26.5. The summed E-state index contributed by atoms with van der Waals surface area (Å²) in [4.78, 5) is 30.2. The second kappa shape index (κ2) is 11.7. The Balaban J connectivity index is 1.69. The summed E-state index contributed by atoms with van der Waals surface area (Å²) >= 11 is 0. The van der Waals surface area contributed by atoms with E-state index in [9.17, 15) is 19.8 Å². The Morgan fingerprint density at radius 2 is 1.73 bits per heavy atom. The second-order valence-corrected chi connectivity index (χ2v) is 9.42. The van der Waals surface area contributed by atoms with Crippen LogP contribution in [0.2, 0.25) is 0 Å². The number of likely N-dealkylation sites (tertiary alicyclic amines) is 1. The van der Waals surface area contributed by atoms with Crippen LogP contribution in [0.1, 0.15) is 37.4 Å². The smallest absolute Gasteiger partial charge is 0.295 e. The average molecular weight is 511 g/mol. The van der Waals surface area contributed by atoms with Crippen LogP contribution in [0.15, 0.2) is 48.0 Å². The van der Waals surface area contributed by atoms with Gasteiger partial charge in [-0.3, -0.25) is 14.5 Å². The van der Waals surface area contributed by atoms with Crippen LogP contribution in [-0.4, -0.2) is 84.3 Å². The lowest BCUT2D eigenvalue weighted by atomic mass is 9.95. The molecule has 4 rings (SSSR count). The third-order valence-corrected chi connectivity index (χ3v) is 6.54. The molecule has 37 heavy (non-hydrogen) atoms. The van der Waals surface area contributed by atoms with Crippen LogP contribution in [0.4, 0.5) is 0 Å². The van der Waals surface area contributed by atoms with Crippen molar-refractivity contribution in [2.75, 3.05) is 46.5 Å². The van der Waals surface area contributed by atoms with Gasteiger partial charge >= 0.3 is 0 Å². The fraction of sp³-hybridized carbons (Fsp3) is 0.429. The summed E-state index contributed by atoms with van der Waals surface area (Å²) < 4.78 is 16.3. The van der Waals surface area contributed by atoms with E-state index in [0.717, 1.165) is 19.6 Å². The quantitative estimate of drug-likeness (QED) is 0.300. The molecule has 1 atom stereocenters. The van der Waals surface area contributed by atoms with Gasteiger partial charge in [0, 0.05) is 32.2 Å². The molecule has 9 nitrogen and oxygen atoms in total. The lowest BCUT2D eigenvalue weighted by Gasteiger charge is -2.29. The molecule has 2 aromatic rings. The van der Waals surface area contributed by atoms with E-state index in [4.69, 9.17) is 14.2 Å². The number of rotatable bonds is 9. The zero-order valence-electron chi connectivity index (χ0n) is 21.5. The summed E-state index contributed by atoms with van der Waals surface area (Å²) in [5.74, 6) is -1.09. The molecule has 0 saturated carbocycles. The highest BCUT2D eigenvalue weighted by Gasteiger charge is 2.46. The molecule has 0 aromatic heterocycles. The molecule has 2 saturated heterocycles. The van der Waals surface area contributed by atoms with Gasteiger partial charge in [0.05, 0.1) is 43.6 Å². The normalized spacial score (nSPS) is 20.0. The third-order valence-electron chi connectivity index (χ3n) is 6.54. The summed E-state index contributed by atoms with van der Waals surface area (Å²) in [6.45, 7) is 7.98. The van der Waals surface area contributed by atoms with Crippen molar-refractivity contribution in [2.45, 2.75) is 32.4 Å². The van der Waals surface area contributed by atoms with Crippen molar-refractivity contribution in [3.63, 3.8) is 0 Å². The number of ketones is 1. The van der Waals surface area contributed by atoms with Crippen LogP contribution in [0.25, 0.3) is 5.76 Å². The fourth-order valence-corrected chi connectivity index (χ4v) is 4.73. The van der Waals surface area contributed by atoms with Crippen LogP contribution < -0.4 is 9.47 Å². The number of phenols is 1. The van der Waals surface area contributed by atoms with Crippen LogP contribution >= 0.6 is 0 Å². The number of Topliss-reactive ketones (excluding diaryl/α,β-unsaturated/α-hetero) is 1. The Labute approximate surface area is 216 Å². The standard InChI is InChI=1S/C28H34N2O7/c1-18(2)37-20-7-5-19(6-8-20)25-24(26(32)22-10-9-21(35-3)17-23(22)31)27(33)28(34)30(25)12-4-11-29-13-15-36-16-14-29/h5-10,17-18,25,31-32H,4,11-16H2,1-3H3. The van der Waals surface area contributed by atoms with Crippen LogP contribution in [0.3, 0.4) is 0 Å². The van der Waals surface area contributed by atoms with Crippen molar-refractivity contribution >= 4 is 17.4 Å². The average Bonchev–Trinajstić information content (AvgIpc) is 3.14. The van der Waals surface area contributed by atoms with Gasteiger partial charge < -0.3 is 29.3 Å². The number of amides is 1. The van der Waals surface area contributed by atoms with Gasteiger partial charge in [-0.2, -0.15) is 0 Å². The highest BCUT2D eigenvalue weighted by molar-refractivity contribution is 6.46. The molecule has 2 heterocycles. The maximum Gasteiger partial charge on any atom is 0.295 e. The van der Waals surface area contributed by atoms with E-state index < -0.39 is 23.5 Å². The summed E-state index contributed by atoms with van der Waals surface area (Å²) in [6, 6.07) is 10.7. The first-order chi connectivity index (χ1) is 17.8. The van der Waals surface area contributed by atoms with Crippen molar-refractivity contribution in [3.8, 4) is 17.2 Å². The fourth-order valence-electron chi connectivity index (χ4n) is 4.73. The predicted octanol–water partition coefficient (Wildman–Crippen LogP) is 3.33. The van der Waals surface area contributed by atoms with Crippen molar-refractivity contribution in [1.82, 2.24) is 9.80 Å². The topological polar surface area (TPSA) is 109 Å². The van der Waals surface area contributed by atoms with E-state index in [1.165, 1.54) is 24.1 Å². The van der Waals surface area contributed by atoms with Crippen molar-refractivity contribution < 1.29 is 34.0 Å². The summed E-state index contributed by atoms with van der Waals surface area (Å²) in [5, 5.41) is 21.8. The molecule has 198 valence electrons. The highest BCUT2D eigenvalue weighted by atomic mass is 16.5. The van der Waals surface area contributed by atoms with Crippen molar-refractivity contribution in [3.05, 3.63) is 59.2 Å². The summed E-state index contributed by atoms with van der Waals surface area (Å²) in [5.41, 5.74) is 0.655. The number of phenolic OH excluding ortho intramolecular Hbond substituents is 1. The Morgan fingerprint density at radius 1 is 1.05 bits per heavy atom. The number of hydrogen-bond acceptors (Lipinski definition) is 8. The van der Waals surface area contributed by atoms with Gasteiger partial charge in [0.2, 0.25) is 0 Å². The van der Waals surface area contributed by atoms with Crippen LogP contribution in [0, 0.1) is 0 Å². The minimum atomic E-state index is -0.806. The molecule has 2 aliphatic rings. The Kier molecular flexibility index (Phi) is 8.35. The van der Waals surface area contributed by atoms with Gasteiger partial charge in [-0.15, -0.1) is 0 Å². The number of aliphatic hydroxyl groups is 1. The minimum absolute atomic E-state index is 0.00489. The van der Waals surface area contributed by atoms with Crippen LogP contribution in [-0.2, 0) is 14.3 Å². The first-order valence-electron chi connectivity index (χ1n) is 12.5. The lowest BCUT2D eigenvalue weighted by molar-refractivity contribution is -0.140. The number of carbonyl (C=O) groups excluding carboxylic acids is 2. The Bertz CT molecular complexity index is 1150. The number of hydrogen-bond donors (Lipinski definition) is 2. The number of nitrogens with zero attached hydrogens (tertiary/aromatic N) is 2. The zero-order valence-corrected chi connectivity index (χ0v) is 21.5. The molecule has 1 amide bonds. The van der Waals surface area contributed by atoms with Gasteiger partial charge in [0.15, 0.2) is 0 Å². The molecule has 0 bridgehead atoms. The second-order valence-electron chi connectivity index (χ2n) is 9.42. The monoisotopic (exact) mass is 510 g/mol. The highest BCUT2D eigenvalue weighted by Crippen LogP contribution is 2.41. The molecule has 1 unspecified atom stereocenters. The number of benzene rings is 2. The summed E-state index contributed by atoms with van der Waals surface area (Å²) in [7, 11) is 1.46. The first kappa shape index (κ1) is 26.5. The van der Waals surface area contributed by atoms with Crippen LogP contribution in [0.5, 0.6) is 17.2 Å². The third kappa shape index (κ3) is 5.89. The molecule has 2 aromatic carbocycles. The van der Waals surface area contributed by atoms with Gasteiger partial charge in [-0.1, -0.05) is 12.1 Å². The molecule has 2 N–H and O–H groups in total. The van der Waals surface area contributed by atoms with E-state index in [1.807, 2.05) is 13.8 Å². The number of aromatic hydroxyl groups is 1. The number of aliphatic hydroxyl groups excluding tert-OH is 1. The van der Waals surface area contributed by atoms with Gasteiger partial charge in [0.25, 0.3) is 11.7 Å².